The highest BCUT2D eigenvalue weighted by molar-refractivity contribution is 9.10. The molecule has 1 unspecified atom stereocenters. The second-order valence-corrected chi connectivity index (χ2v) is 9.39. The Bertz CT molecular complexity index is 1100. The van der Waals surface area contributed by atoms with Gasteiger partial charge in [0, 0.05) is 10.4 Å². The molecule has 0 saturated heterocycles. The van der Waals surface area contributed by atoms with E-state index in [9.17, 15) is 9.90 Å². The number of rotatable bonds is 4. The van der Waals surface area contributed by atoms with Gasteiger partial charge in [0.2, 0.25) is 0 Å². The van der Waals surface area contributed by atoms with Gasteiger partial charge in [0.25, 0.3) is 0 Å². The highest BCUT2D eigenvalue weighted by atomic mass is 79.9. The second kappa shape index (κ2) is 8.13. The lowest BCUT2D eigenvalue weighted by molar-refractivity contribution is 0.102. The molecule has 2 aliphatic carbocycles. The van der Waals surface area contributed by atoms with Crippen molar-refractivity contribution in [1.82, 2.24) is 5.32 Å². The maximum Gasteiger partial charge on any atom is 0.407 e. The van der Waals surface area contributed by atoms with Crippen molar-refractivity contribution in [2.45, 2.75) is 30.7 Å². The van der Waals surface area contributed by atoms with Crippen LogP contribution in [-0.2, 0) is 17.6 Å². The van der Waals surface area contributed by atoms with Gasteiger partial charge in [0.1, 0.15) is 6.61 Å². The Labute approximate surface area is 190 Å². The Kier molecular flexibility index (Phi) is 5.32. The van der Waals surface area contributed by atoms with E-state index in [1.807, 2.05) is 30.3 Å². The van der Waals surface area contributed by atoms with E-state index in [1.165, 1.54) is 27.8 Å². The number of hydrogen-bond acceptors (Lipinski definition) is 3. The summed E-state index contributed by atoms with van der Waals surface area (Å²) in [4.78, 5) is 12.8. The fraction of sp³-hybridized carbons (Fsp3) is 0.269. The monoisotopic (exact) mass is 477 g/mol. The van der Waals surface area contributed by atoms with Crippen LogP contribution in [0.25, 0.3) is 11.1 Å². The van der Waals surface area contributed by atoms with E-state index in [0.717, 1.165) is 16.5 Å². The number of nitrogens with one attached hydrogen (secondary N) is 1. The van der Waals surface area contributed by atoms with Crippen LogP contribution in [0, 0.1) is 0 Å². The lowest BCUT2D eigenvalue weighted by atomic mass is 9.78. The maximum absolute atomic E-state index is 12.8. The number of aliphatic hydroxyl groups excluding tert-OH is 1. The Balaban J connectivity index is 1.30. The van der Waals surface area contributed by atoms with Gasteiger partial charge in [-0.25, -0.2) is 4.79 Å². The number of hydrogen-bond donors (Lipinski definition) is 2. The number of carbonyl (C=O) groups is 1. The molecule has 31 heavy (non-hydrogen) atoms. The molecule has 5 rings (SSSR count). The summed E-state index contributed by atoms with van der Waals surface area (Å²) in [6, 6.07) is 22.7. The van der Waals surface area contributed by atoms with E-state index in [4.69, 9.17) is 4.74 Å². The van der Waals surface area contributed by atoms with E-state index < -0.39 is 11.6 Å². The number of aryl methyl sites for hydroxylation is 1. The van der Waals surface area contributed by atoms with E-state index in [2.05, 4.69) is 57.6 Å². The molecular weight excluding hydrogens is 454 g/mol. The molecule has 3 aromatic carbocycles. The molecule has 0 aliphatic heterocycles. The zero-order valence-corrected chi connectivity index (χ0v) is 18.7. The zero-order valence-electron chi connectivity index (χ0n) is 17.1. The number of halogens is 1. The molecule has 0 saturated carbocycles. The van der Waals surface area contributed by atoms with Gasteiger partial charge in [0.05, 0.1) is 12.1 Å². The first kappa shape index (κ1) is 20.3. The van der Waals surface area contributed by atoms with Crippen molar-refractivity contribution < 1.29 is 14.6 Å². The van der Waals surface area contributed by atoms with Crippen LogP contribution >= 0.6 is 15.9 Å². The predicted molar refractivity (Wildman–Crippen MR) is 124 cm³/mol. The van der Waals surface area contributed by atoms with Crippen molar-refractivity contribution in [3.05, 3.63) is 93.5 Å². The summed E-state index contributed by atoms with van der Waals surface area (Å²) in [5.74, 6) is 0.0210. The summed E-state index contributed by atoms with van der Waals surface area (Å²) in [5, 5.41) is 13.1. The second-order valence-electron chi connectivity index (χ2n) is 8.48. The highest BCUT2D eigenvalue weighted by Gasteiger charge is 2.36. The predicted octanol–water partition coefficient (Wildman–Crippen LogP) is 5.21. The molecule has 4 nitrogen and oxygen atoms in total. The third-order valence-electron chi connectivity index (χ3n) is 6.58. The third kappa shape index (κ3) is 3.77. The van der Waals surface area contributed by atoms with Crippen molar-refractivity contribution in [3.63, 3.8) is 0 Å². The van der Waals surface area contributed by atoms with Crippen molar-refractivity contribution in [3.8, 4) is 11.1 Å². The van der Waals surface area contributed by atoms with Crippen molar-refractivity contribution in [1.29, 1.82) is 0 Å². The Morgan fingerprint density at radius 2 is 1.71 bits per heavy atom. The summed E-state index contributed by atoms with van der Waals surface area (Å²) >= 11 is 3.51. The van der Waals surface area contributed by atoms with Gasteiger partial charge in [-0.2, -0.15) is 0 Å². The van der Waals surface area contributed by atoms with Gasteiger partial charge in [-0.15, -0.1) is 0 Å². The third-order valence-corrected chi connectivity index (χ3v) is 7.08. The molecule has 0 aromatic heterocycles. The SMILES string of the molecule is O=C(NC1(CO)CCc2cc(Br)ccc2C1)OCC1c2ccccc2-c2ccccc21. The molecule has 1 atom stereocenters. The highest BCUT2D eigenvalue weighted by Crippen LogP contribution is 2.44. The first-order valence-electron chi connectivity index (χ1n) is 10.6. The average Bonchev–Trinajstić information content (AvgIpc) is 3.12. The lowest BCUT2D eigenvalue weighted by Gasteiger charge is -2.37. The molecule has 0 fully saturated rings. The van der Waals surface area contributed by atoms with Crippen LogP contribution in [0.15, 0.2) is 71.2 Å². The summed E-state index contributed by atoms with van der Waals surface area (Å²) < 4.78 is 6.76. The lowest BCUT2D eigenvalue weighted by Crippen LogP contribution is -2.55. The van der Waals surface area contributed by atoms with Crippen LogP contribution in [0.4, 0.5) is 4.79 Å². The van der Waals surface area contributed by atoms with Crippen molar-refractivity contribution in [2.75, 3.05) is 13.2 Å². The molecular formula is C26H24BrNO3. The topological polar surface area (TPSA) is 58.6 Å². The molecule has 158 valence electrons. The van der Waals surface area contributed by atoms with Gasteiger partial charge in [-0.05, 0) is 64.8 Å². The summed E-state index contributed by atoms with van der Waals surface area (Å²) in [5.41, 5.74) is 6.50. The molecule has 2 aliphatic rings. The van der Waals surface area contributed by atoms with Crippen molar-refractivity contribution in [2.24, 2.45) is 0 Å². The molecule has 1 amide bonds. The number of alkyl carbamates (subject to hydrolysis) is 1. The standard InChI is InChI=1S/C26H24BrNO3/c27-19-10-9-18-14-26(16-29,12-11-17(18)13-19)28-25(30)31-15-24-22-7-3-1-5-20(22)21-6-2-4-8-23(21)24/h1-10,13,24,29H,11-12,14-16H2,(H,28,30). The molecule has 0 heterocycles. The number of amides is 1. The van der Waals surface area contributed by atoms with Crippen LogP contribution in [0.1, 0.15) is 34.6 Å². The Morgan fingerprint density at radius 3 is 2.39 bits per heavy atom. The fourth-order valence-electron chi connectivity index (χ4n) is 4.96. The zero-order chi connectivity index (χ0) is 21.4. The van der Waals surface area contributed by atoms with Gasteiger partial charge in [-0.3, -0.25) is 0 Å². The molecule has 3 aromatic rings. The van der Waals surface area contributed by atoms with E-state index in [1.54, 1.807) is 0 Å². The smallest absolute Gasteiger partial charge is 0.407 e. The van der Waals surface area contributed by atoms with Gasteiger partial charge >= 0.3 is 6.09 Å². The van der Waals surface area contributed by atoms with Gasteiger partial charge in [0.15, 0.2) is 0 Å². The first-order chi connectivity index (χ1) is 15.1. The minimum Gasteiger partial charge on any atom is -0.449 e. The van der Waals surface area contributed by atoms with E-state index in [-0.39, 0.29) is 19.1 Å². The van der Waals surface area contributed by atoms with Crippen LogP contribution in [0.2, 0.25) is 0 Å². The van der Waals surface area contributed by atoms with Gasteiger partial charge in [-0.1, -0.05) is 70.5 Å². The van der Waals surface area contributed by atoms with Crippen LogP contribution < -0.4 is 5.32 Å². The molecule has 0 radical (unpaired) electrons. The Hall–Kier alpha value is -2.63. The van der Waals surface area contributed by atoms with Gasteiger partial charge < -0.3 is 15.2 Å². The van der Waals surface area contributed by atoms with E-state index >= 15 is 0 Å². The summed E-state index contributed by atoms with van der Waals surface area (Å²) in [6.07, 6.45) is 1.60. The number of benzene rings is 3. The fourth-order valence-corrected chi connectivity index (χ4v) is 5.37. The summed E-state index contributed by atoms with van der Waals surface area (Å²) in [7, 11) is 0. The minimum atomic E-state index is -0.691. The summed E-state index contributed by atoms with van der Waals surface area (Å²) in [6.45, 7) is 0.150. The first-order valence-corrected chi connectivity index (χ1v) is 11.4. The van der Waals surface area contributed by atoms with Crippen LogP contribution in [-0.4, -0.2) is 30.0 Å². The normalized spacial score (nSPS) is 19.3. The molecule has 2 N–H and O–H groups in total. The molecule has 0 spiro atoms. The average molecular weight is 478 g/mol. The Morgan fingerprint density at radius 1 is 1.03 bits per heavy atom. The molecule has 0 bridgehead atoms. The molecule has 5 heteroatoms. The van der Waals surface area contributed by atoms with E-state index in [0.29, 0.717) is 12.8 Å². The largest absolute Gasteiger partial charge is 0.449 e. The number of aliphatic hydroxyl groups is 1. The maximum atomic E-state index is 12.8. The van der Waals surface area contributed by atoms with Crippen LogP contribution in [0.5, 0.6) is 0 Å². The van der Waals surface area contributed by atoms with Crippen LogP contribution in [0.3, 0.4) is 0 Å². The van der Waals surface area contributed by atoms with Crippen molar-refractivity contribution >= 4 is 22.0 Å². The quantitative estimate of drug-likeness (QED) is 0.542. The minimum absolute atomic E-state index is 0.0210. The number of ether oxygens (including phenoxy) is 1. The number of fused-ring (bicyclic) bond motifs is 4. The number of carbonyl (C=O) groups excluding carboxylic acids is 1.